The van der Waals surface area contributed by atoms with Crippen LogP contribution < -0.4 is 5.32 Å². The molecule has 0 amide bonds. The van der Waals surface area contributed by atoms with E-state index in [0.29, 0.717) is 6.04 Å². The van der Waals surface area contributed by atoms with E-state index in [-0.39, 0.29) is 0 Å². The second-order valence-electron chi connectivity index (χ2n) is 6.44. The Kier molecular flexibility index (Phi) is 2.80. The number of fused-ring (bicyclic) bond motifs is 5. The van der Waals surface area contributed by atoms with E-state index in [0.717, 1.165) is 17.9 Å². The van der Waals surface area contributed by atoms with Crippen molar-refractivity contribution in [3.05, 3.63) is 29.8 Å². The van der Waals surface area contributed by atoms with Crippen LogP contribution in [0.5, 0.6) is 0 Å². The van der Waals surface area contributed by atoms with Crippen LogP contribution in [0.4, 0.5) is 5.69 Å². The molecule has 1 aliphatic carbocycles. The lowest BCUT2D eigenvalue weighted by Gasteiger charge is -2.48. The van der Waals surface area contributed by atoms with Crippen LogP contribution in [0.2, 0.25) is 0 Å². The first-order valence-corrected chi connectivity index (χ1v) is 7.98. The number of nitrogens with one attached hydrogen (secondary N) is 1. The SMILES string of the molecule is CCN1CCCC2C3Nc4ccccc4C3CCC21. The van der Waals surface area contributed by atoms with Crippen LogP contribution in [0, 0.1) is 5.92 Å². The van der Waals surface area contributed by atoms with Gasteiger partial charge in [0.15, 0.2) is 0 Å². The fraction of sp³-hybridized carbons (Fsp3) is 0.647. The first-order valence-electron chi connectivity index (χ1n) is 7.98. The monoisotopic (exact) mass is 256 g/mol. The third-order valence-electron chi connectivity index (χ3n) is 5.70. The second-order valence-corrected chi connectivity index (χ2v) is 6.44. The number of hydrogen-bond donors (Lipinski definition) is 1. The average molecular weight is 256 g/mol. The topological polar surface area (TPSA) is 15.3 Å². The molecule has 0 aromatic heterocycles. The van der Waals surface area contributed by atoms with E-state index in [4.69, 9.17) is 0 Å². The summed E-state index contributed by atoms with van der Waals surface area (Å²) in [7, 11) is 0. The number of anilines is 1. The minimum atomic E-state index is 0.700. The van der Waals surface area contributed by atoms with Gasteiger partial charge in [0.05, 0.1) is 0 Å². The molecule has 0 bridgehead atoms. The first-order chi connectivity index (χ1) is 9.38. The van der Waals surface area contributed by atoms with Gasteiger partial charge in [0.1, 0.15) is 0 Å². The maximum atomic E-state index is 3.85. The Balaban J connectivity index is 1.64. The molecule has 1 saturated carbocycles. The second kappa shape index (κ2) is 4.52. The van der Waals surface area contributed by atoms with Crippen LogP contribution in [0.15, 0.2) is 24.3 Å². The van der Waals surface area contributed by atoms with E-state index in [9.17, 15) is 0 Å². The molecule has 102 valence electrons. The standard InChI is InChI=1S/C17H24N2/c1-2-19-11-5-7-14-16(19)10-9-13-12-6-3-4-8-15(12)18-17(13)14/h3-4,6,8,13-14,16-18H,2,5,7,9-11H2,1H3. The minimum Gasteiger partial charge on any atom is -0.381 e. The lowest BCUT2D eigenvalue weighted by Crippen LogP contribution is -2.53. The molecule has 4 rings (SSSR count). The Morgan fingerprint density at radius 2 is 2.11 bits per heavy atom. The Hall–Kier alpha value is -1.02. The zero-order valence-electron chi connectivity index (χ0n) is 11.8. The van der Waals surface area contributed by atoms with E-state index in [2.05, 4.69) is 41.4 Å². The molecule has 1 aromatic carbocycles. The van der Waals surface area contributed by atoms with Crippen molar-refractivity contribution in [1.29, 1.82) is 0 Å². The lowest BCUT2D eigenvalue weighted by molar-refractivity contribution is 0.0527. The summed E-state index contributed by atoms with van der Waals surface area (Å²) in [5, 5.41) is 3.85. The van der Waals surface area contributed by atoms with Crippen molar-refractivity contribution < 1.29 is 0 Å². The van der Waals surface area contributed by atoms with E-state index >= 15 is 0 Å². The van der Waals surface area contributed by atoms with Gasteiger partial charge >= 0.3 is 0 Å². The molecule has 2 heteroatoms. The number of hydrogen-bond acceptors (Lipinski definition) is 2. The summed E-state index contributed by atoms with van der Waals surface area (Å²) >= 11 is 0. The maximum Gasteiger partial charge on any atom is 0.0378 e. The number of piperidine rings is 1. The quantitative estimate of drug-likeness (QED) is 0.828. The van der Waals surface area contributed by atoms with E-state index in [1.807, 2.05) is 0 Å². The molecule has 4 atom stereocenters. The Morgan fingerprint density at radius 3 is 3.00 bits per heavy atom. The van der Waals surface area contributed by atoms with Crippen molar-refractivity contribution in [3.8, 4) is 0 Å². The molecule has 1 aromatic rings. The molecule has 4 unspecified atom stereocenters. The molecular formula is C17H24N2. The summed E-state index contributed by atoms with van der Waals surface area (Å²) in [5.74, 6) is 1.63. The summed E-state index contributed by atoms with van der Waals surface area (Å²) < 4.78 is 0. The van der Waals surface area contributed by atoms with Gasteiger partial charge in [0, 0.05) is 23.7 Å². The molecule has 3 aliphatic rings. The lowest BCUT2D eigenvalue weighted by atomic mass is 9.69. The van der Waals surface area contributed by atoms with Gasteiger partial charge in [-0.15, -0.1) is 0 Å². The highest BCUT2D eigenvalue weighted by Gasteiger charge is 2.46. The van der Waals surface area contributed by atoms with Crippen LogP contribution in [-0.4, -0.2) is 30.1 Å². The number of para-hydroxylation sites is 1. The summed E-state index contributed by atoms with van der Waals surface area (Å²) in [6.07, 6.45) is 5.57. The van der Waals surface area contributed by atoms with Crippen molar-refractivity contribution in [1.82, 2.24) is 4.90 Å². The van der Waals surface area contributed by atoms with Gasteiger partial charge in [-0.2, -0.15) is 0 Å². The highest BCUT2D eigenvalue weighted by molar-refractivity contribution is 5.60. The van der Waals surface area contributed by atoms with E-state index < -0.39 is 0 Å². The molecule has 2 heterocycles. The predicted molar refractivity (Wildman–Crippen MR) is 79.6 cm³/mol. The number of nitrogens with zero attached hydrogens (tertiary/aromatic N) is 1. The summed E-state index contributed by atoms with van der Waals surface area (Å²) in [5.41, 5.74) is 2.99. The smallest absolute Gasteiger partial charge is 0.0378 e. The van der Waals surface area contributed by atoms with Gasteiger partial charge in [-0.3, -0.25) is 0 Å². The normalized spacial score (nSPS) is 37.1. The molecule has 0 spiro atoms. The molecule has 0 radical (unpaired) electrons. The molecule has 2 aliphatic heterocycles. The fourth-order valence-electron chi connectivity index (χ4n) is 4.88. The molecule has 1 N–H and O–H groups in total. The summed E-state index contributed by atoms with van der Waals surface area (Å²) in [4.78, 5) is 2.73. The van der Waals surface area contributed by atoms with Crippen LogP contribution in [0.25, 0.3) is 0 Å². The Morgan fingerprint density at radius 1 is 1.21 bits per heavy atom. The number of likely N-dealkylation sites (tertiary alicyclic amines) is 1. The largest absolute Gasteiger partial charge is 0.381 e. The number of benzene rings is 1. The summed E-state index contributed by atoms with van der Waals surface area (Å²) in [6, 6.07) is 10.5. The first kappa shape index (κ1) is 11.8. The van der Waals surface area contributed by atoms with Crippen molar-refractivity contribution >= 4 is 5.69 Å². The van der Waals surface area contributed by atoms with Crippen LogP contribution in [0.1, 0.15) is 44.1 Å². The fourth-order valence-corrected chi connectivity index (χ4v) is 4.88. The van der Waals surface area contributed by atoms with Gasteiger partial charge in [0.2, 0.25) is 0 Å². The van der Waals surface area contributed by atoms with Crippen molar-refractivity contribution in [2.75, 3.05) is 18.4 Å². The van der Waals surface area contributed by atoms with Crippen molar-refractivity contribution in [3.63, 3.8) is 0 Å². The summed E-state index contributed by atoms with van der Waals surface area (Å²) in [6.45, 7) is 4.87. The molecule has 1 saturated heterocycles. The van der Waals surface area contributed by atoms with Gasteiger partial charge in [-0.25, -0.2) is 0 Å². The predicted octanol–water partition coefficient (Wildman–Crippen LogP) is 3.46. The molecular weight excluding hydrogens is 232 g/mol. The van der Waals surface area contributed by atoms with E-state index in [1.165, 1.54) is 44.5 Å². The van der Waals surface area contributed by atoms with Crippen molar-refractivity contribution in [2.24, 2.45) is 5.92 Å². The van der Waals surface area contributed by atoms with Gasteiger partial charge in [-0.1, -0.05) is 25.1 Å². The van der Waals surface area contributed by atoms with Crippen molar-refractivity contribution in [2.45, 2.75) is 50.6 Å². The third-order valence-corrected chi connectivity index (χ3v) is 5.70. The highest BCUT2D eigenvalue weighted by Crippen LogP contribution is 2.49. The highest BCUT2D eigenvalue weighted by atomic mass is 15.2. The molecule has 19 heavy (non-hydrogen) atoms. The zero-order valence-corrected chi connectivity index (χ0v) is 11.8. The van der Waals surface area contributed by atoms with Gasteiger partial charge in [-0.05, 0) is 56.3 Å². The molecule has 2 nitrogen and oxygen atoms in total. The Labute approximate surface area is 116 Å². The maximum absolute atomic E-state index is 3.85. The number of rotatable bonds is 1. The minimum absolute atomic E-state index is 0.700. The van der Waals surface area contributed by atoms with E-state index in [1.54, 1.807) is 5.56 Å². The molecule has 2 fully saturated rings. The van der Waals surface area contributed by atoms with Gasteiger partial charge in [0.25, 0.3) is 0 Å². The van der Waals surface area contributed by atoms with Crippen LogP contribution in [0.3, 0.4) is 0 Å². The van der Waals surface area contributed by atoms with Gasteiger partial charge < -0.3 is 10.2 Å². The third kappa shape index (κ3) is 1.73. The Bertz CT molecular complexity index is 470. The average Bonchev–Trinajstić information content (AvgIpc) is 2.85. The zero-order chi connectivity index (χ0) is 12.8. The van der Waals surface area contributed by atoms with Crippen LogP contribution >= 0.6 is 0 Å². The van der Waals surface area contributed by atoms with Crippen LogP contribution in [-0.2, 0) is 0 Å².